The summed E-state index contributed by atoms with van der Waals surface area (Å²) in [4.78, 5) is 38.5. The normalized spacial score (nSPS) is 13.8. The Morgan fingerprint density at radius 2 is 1.75 bits per heavy atom. The first-order chi connectivity index (χ1) is 13.5. The van der Waals surface area contributed by atoms with Crippen LogP contribution in [0.3, 0.4) is 0 Å². The molecule has 2 aromatic carbocycles. The summed E-state index contributed by atoms with van der Waals surface area (Å²) in [5.41, 5.74) is 1.09. The predicted molar refractivity (Wildman–Crippen MR) is 104 cm³/mol. The van der Waals surface area contributed by atoms with Crippen molar-refractivity contribution >= 4 is 29.1 Å². The summed E-state index contributed by atoms with van der Waals surface area (Å²) in [5, 5.41) is 14.3. The number of urea groups is 1. The Labute approximate surface area is 161 Å². The lowest BCUT2D eigenvalue weighted by molar-refractivity contribution is -0.384. The molecule has 28 heavy (non-hydrogen) atoms. The molecule has 2 amide bonds. The molecule has 1 saturated heterocycles. The van der Waals surface area contributed by atoms with Crippen LogP contribution in [0.4, 0.5) is 21.9 Å². The monoisotopic (exact) mass is 384 g/mol. The van der Waals surface area contributed by atoms with E-state index in [1.807, 2.05) is 23.1 Å². The van der Waals surface area contributed by atoms with E-state index in [1.54, 1.807) is 23.1 Å². The number of nitrogens with one attached hydrogen (secondary N) is 1. The summed E-state index contributed by atoms with van der Waals surface area (Å²) < 4.78 is 4.62. The van der Waals surface area contributed by atoms with Gasteiger partial charge in [0.05, 0.1) is 17.6 Å². The van der Waals surface area contributed by atoms with Crippen LogP contribution in [-0.4, -0.2) is 55.1 Å². The van der Waals surface area contributed by atoms with Gasteiger partial charge in [0.2, 0.25) is 0 Å². The van der Waals surface area contributed by atoms with Crippen molar-refractivity contribution in [1.82, 2.24) is 4.90 Å². The lowest BCUT2D eigenvalue weighted by atomic mass is 10.1. The highest BCUT2D eigenvalue weighted by Crippen LogP contribution is 2.30. The average molecular weight is 384 g/mol. The number of piperazine rings is 1. The Bertz CT molecular complexity index is 879. The second-order valence-electron chi connectivity index (χ2n) is 6.22. The third-order valence-electron chi connectivity index (χ3n) is 4.53. The summed E-state index contributed by atoms with van der Waals surface area (Å²) in [5.74, 6) is -0.628. The molecule has 0 aliphatic carbocycles. The summed E-state index contributed by atoms with van der Waals surface area (Å²) >= 11 is 0. The van der Waals surface area contributed by atoms with Gasteiger partial charge in [-0.15, -0.1) is 0 Å². The highest BCUT2D eigenvalue weighted by molar-refractivity contribution is 5.91. The van der Waals surface area contributed by atoms with Crippen LogP contribution in [0.25, 0.3) is 0 Å². The summed E-state index contributed by atoms with van der Waals surface area (Å²) in [6.45, 7) is 1.74. The van der Waals surface area contributed by atoms with E-state index >= 15 is 0 Å². The van der Waals surface area contributed by atoms with Gasteiger partial charge in [-0.1, -0.05) is 18.2 Å². The molecule has 1 aliphatic rings. The standard InChI is InChI=1S/C19H20N4O5/c1-28-18(24)14-7-8-16(17(13-14)23(26)27)21-9-11-22(12-10-21)19(25)20-15-5-3-2-4-6-15/h2-8,13H,9-12H2,1H3,(H,20,25). The molecule has 0 bridgehead atoms. The van der Waals surface area contributed by atoms with Crippen molar-refractivity contribution in [3.8, 4) is 0 Å². The van der Waals surface area contributed by atoms with Gasteiger partial charge in [-0.2, -0.15) is 0 Å². The number of anilines is 2. The second-order valence-corrected chi connectivity index (χ2v) is 6.22. The van der Waals surface area contributed by atoms with Crippen molar-refractivity contribution in [3.63, 3.8) is 0 Å². The molecule has 146 valence electrons. The Morgan fingerprint density at radius 3 is 2.36 bits per heavy atom. The largest absolute Gasteiger partial charge is 0.465 e. The lowest BCUT2D eigenvalue weighted by Gasteiger charge is -2.35. The Morgan fingerprint density at radius 1 is 1.07 bits per heavy atom. The molecule has 0 atom stereocenters. The van der Waals surface area contributed by atoms with E-state index in [9.17, 15) is 19.7 Å². The minimum atomic E-state index is -0.628. The quantitative estimate of drug-likeness (QED) is 0.494. The lowest BCUT2D eigenvalue weighted by Crippen LogP contribution is -2.50. The fraction of sp³-hybridized carbons (Fsp3) is 0.263. The minimum Gasteiger partial charge on any atom is -0.465 e. The number of methoxy groups -OCH3 is 1. The van der Waals surface area contributed by atoms with E-state index < -0.39 is 10.9 Å². The van der Waals surface area contributed by atoms with Crippen LogP contribution in [0.5, 0.6) is 0 Å². The van der Waals surface area contributed by atoms with Gasteiger partial charge in [0.1, 0.15) is 5.69 Å². The van der Waals surface area contributed by atoms with Gasteiger partial charge >= 0.3 is 12.0 Å². The minimum absolute atomic E-state index is 0.124. The van der Waals surface area contributed by atoms with Gasteiger partial charge < -0.3 is 19.9 Å². The number of rotatable bonds is 4. The third-order valence-corrected chi connectivity index (χ3v) is 4.53. The number of ether oxygens (including phenoxy) is 1. The number of amides is 2. The zero-order valence-electron chi connectivity index (χ0n) is 15.3. The van der Waals surface area contributed by atoms with Crippen molar-refractivity contribution in [2.75, 3.05) is 43.5 Å². The fourth-order valence-corrected chi connectivity index (χ4v) is 3.06. The molecule has 3 rings (SSSR count). The molecule has 1 fully saturated rings. The predicted octanol–water partition coefficient (Wildman–Crippen LogP) is 2.74. The van der Waals surface area contributed by atoms with Crippen LogP contribution >= 0.6 is 0 Å². The molecular formula is C19H20N4O5. The van der Waals surface area contributed by atoms with Crippen LogP contribution < -0.4 is 10.2 Å². The van der Waals surface area contributed by atoms with Crippen LogP contribution in [0.1, 0.15) is 10.4 Å². The number of para-hydroxylation sites is 1. The molecule has 1 aliphatic heterocycles. The van der Waals surface area contributed by atoms with E-state index in [0.29, 0.717) is 37.6 Å². The molecule has 9 heteroatoms. The van der Waals surface area contributed by atoms with E-state index in [0.717, 1.165) is 0 Å². The fourth-order valence-electron chi connectivity index (χ4n) is 3.06. The maximum Gasteiger partial charge on any atom is 0.338 e. The van der Waals surface area contributed by atoms with Gasteiger partial charge in [-0.05, 0) is 24.3 Å². The van der Waals surface area contributed by atoms with E-state index in [2.05, 4.69) is 10.1 Å². The second kappa shape index (κ2) is 8.38. The van der Waals surface area contributed by atoms with E-state index in [4.69, 9.17) is 0 Å². The highest BCUT2D eigenvalue weighted by Gasteiger charge is 2.27. The third kappa shape index (κ3) is 4.20. The number of hydrogen-bond acceptors (Lipinski definition) is 6. The van der Waals surface area contributed by atoms with Gasteiger partial charge in [0.15, 0.2) is 0 Å². The first-order valence-electron chi connectivity index (χ1n) is 8.72. The molecule has 0 radical (unpaired) electrons. The van der Waals surface area contributed by atoms with Crippen LogP contribution in [0, 0.1) is 10.1 Å². The Kier molecular flexibility index (Phi) is 5.73. The zero-order chi connectivity index (χ0) is 20.1. The SMILES string of the molecule is COC(=O)c1ccc(N2CCN(C(=O)Nc3ccccc3)CC2)c([N+](=O)[O-])c1. The molecular weight excluding hydrogens is 364 g/mol. The molecule has 9 nitrogen and oxygen atoms in total. The molecule has 0 saturated carbocycles. The first-order valence-corrected chi connectivity index (χ1v) is 8.72. The number of hydrogen-bond donors (Lipinski definition) is 1. The van der Waals surface area contributed by atoms with Crippen molar-refractivity contribution in [2.24, 2.45) is 0 Å². The molecule has 1 N–H and O–H groups in total. The van der Waals surface area contributed by atoms with Crippen molar-refractivity contribution in [3.05, 3.63) is 64.2 Å². The number of carbonyl (C=O) groups excluding carboxylic acids is 2. The number of carbonyl (C=O) groups is 2. The van der Waals surface area contributed by atoms with E-state index in [-0.39, 0.29) is 17.3 Å². The smallest absolute Gasteiger partial charge is 0.338 e. The maximum atomic E-state index is 12.4. The number of esters is 1. The molecule has 1 heterocycles. The zero-order valence-corrected chi connectivity index (χ0v) is 15.3. The van der Waals surface area contributed by atoms with Gasteiger partial charge in [-0.3, -0.25) is 10.1 Å². The van der Waals surface area contributed by atoms with Crippen molar-refractivity contribution < 1.29 is 19.2 Å². The van der Waals surface area contributed by atoms with Crippen LogP contribution in [0.2, 0.25) is 0 Å². The first kappa shape index (κ1) is 19.2. The van der Waals surface area contributed by atoms with Crippen LogP contribution in [0.15, 0.2) is 48.5 Å². The Balaban J connectivity index is 1.68. The molecule has 0 unspecified atom stereocenters. The average Bonchev–Trinajstić information content (AvgIpc) is 2.73. The molecule has 0 aromatic heterocycles. The number of benzene rings is 2. The van der Waals surface area contributed by atoms with Gasteiger partial charge in [-0.25, -0.2) is 9.59 Å². The van der Waals surface area contributed by atoms with Crippen molar-refractivity contribution in [2.45, 2.75) is 0 Å². The summed E-state index contributed by atoms with van der Waals surface area (Å²) in [7, 11) is 1.22. The molecule has 2 aromatic rings. The Hall–Kier alpha value is -3.62. The van der Waals surface area contributed by atoms with Crippen molar-refractivity contribution in [1.29, 1.82) is 0 Å². The van der Waals surface area contributed by atoms with Crippen LogP contribution in [-0.2, 0) is 4.74 Å². The number of nitro groups is 1. The summed E-state index contributed by atoms with van der Waals surface area (Å²) in [6.07, 6.45) is 0. The number of nitro benzene ring substituents is 1. The number of nitrogens with zero attached hydrogens (tertiary/aromatic N) is 3. The topological polar surface area (TPSA) is 105 Å². The maximum absolute atomic E-state index is 12.4. The van der Waals surface area contributed by atoms with Gasteiger partial charge in [0, 0.05) is 37.9 Å². The highest BCUT2D eigenvalue weighted by atomic mass is 16.6. The van der Waals surface area contributed by atoms with Gasteiger partial charge in [0.25, 0.3) is 5.69 Å². The summed E-state index contributed by atoms with van der Waals surface area (Å²) in [6, 6.07) is 13.2. The van der Waals surface area contributed by atoms with E-state index in [1.165, 1.54) is 19.2 Å². The molecule has 0 spiro atoms.